The van der Waals surface area contributed by atoms with Crippen LogP contribution in [0.4, 0.5) is 5.69 Å². The number of pyridine rings is 1. The second-order valence-electron chi connectivity index (χ2n) is 11.7. The van der Waals surface area contributed by atoms with E-state index in [9.17, 15) is 28.8 Å². The van der Waals surface area contributed by atoms with E-state index in [0.29, 0.717) is 18.4 Å². The van der Waals surface area contributed by atoms with E-state index in [1.54, 1.807) is 6.07 Å². The molecule has 5 N–H and O–H groups in total. The molecular weight excluding hydrogens is 528 g/mol. The first-order valence-electron chi connectivity index (χ1n) is 14.7. The number of anilines is 1. The molecule has 4 aliphatic rings. The van der Waals surface area contributed by atoms with Crippen LogP contribution in [-0.4, -0.2) is 66.2 Å². The Morgan fingerprint density at radius 1 is 1.00 bits per heavy atom. The molecule has 0 saturated heterocycles. The van der Waals surface area contributed by atoms with Gasteiger partial charge in [0, 0.05) is 25.7 Å². The molecule has 0 unspecified atom stereocenters. The number of nitrogens with zero attached hydrogens (tertiary/aromatic N) is 1. The quantitative estimate of drug-likeness (QED) is 0.158. The maximum Gasteiger partial charge on any atom is 0.287 e. The summed E-state index contributed by atoms with van der Waals surface area (Å²) >= 11 is 0. The van der Waals surface area contributed by atoms with Crippen molar-refractivity contribution in [2.45, 2.75) is 76.9 Å². The molecule has 0 spiro atoms. The van der Waals surface area contributed by atoms with Gasteiger partial charge in [0.05, 0.1) is 6.54 Å². The highest BCUT2D eigenvalue weighted by atomic mass is 16.2. The summed E-state index contributed by atoms with van der Waals surface area (Å²) in [6.07, 6.45) is 7.90. The van der Waals surface area contributed by atoms with Gasteiger partial charge in [0.25, 0.3) is 11.5 Å². The van der Waals surface area contributed by atoms with E-state index in [2.05, 4.69) is 26.6 Å². The Hall–Kier alpha value is -3.54. The Morgan fingerprint density at radius 2 is 1.68 bits per heavy atom. The predicted molar refractivity (Wildman–Crippen MR) is 152 cm³/mol. The zero-order valence-corrected chi connectivity index (χ0v) is 23.9. The highest BCUT2D eigenvalue weighted by molar-refractivity contribution is 6.36. The van der Waals surface area contributed by atoms with Crippen LogP contribution < -0.4 is 32.1 Å². The molecule has 224 valence electrons. The number of aromatic nitrogens is 1. The van der Waals surface area contributed by atoms with Crippen LogP contribution >= 0.6 is 0 Å². The number of rotatable bonds is 14. The summed E-state index contributed by atoms with van der Waals surface area (Å²) in [5.74, 6) is -0.314. The number of amides is 4. The zero-order chi connectivity index (χ0) is 29.5. The molecule has 4 saturated carbocycles. The maximum absolute atomic E-state index is 13.2. The summed E-state index contributed by atoms with van der Waals surface area (Å²) in [6.45, 7) is 2.36. The average molecular weight is 571 g/mol. The lowest BCUT2D eigenvalue weighted by Gasteiger charge is -2.54. The molecular formula is C29H42N6O6. The van der Waals surface area contributed by atoms with E-state index in [0.717, 1.165) is 18.3 Å². The number of Topliss-reactive ketones (excluding diaryl/α,β-unsaturated/α-hetero) is 1. The molecule has 4 bridgehead atoms. The molecule has 1 aromatic heterocycles. The van der Waals surface area contributed by atoms with Gasteiger partial charge in [0.1, 0.15) is 18.3 Å². The minimum absolute atomic E-state index is 0.0295. The standard InChI is InChI=1S/C29H42N6O6/c1-3-8-31-15-24(37)32-21(6-7-23(36)28(40)30-2)27(39)33-22-5-4-9-35(29(22)41)16-25(38)34-26-19-11-17-10-18(13-19)14-20(26)12-17/h4-5,9,17-21,26,31H,3,6-8,10-16H2,1-2H3,(H,30,40)(H,32,37)(H,33,39)(H,34,38)/t17?,18?,19?,20?,21-,26?/m0/s1. The van der Waals surface area contributed by atoms with Crippen LogP contribution in [-0.2, 0) is 30.5 Å². The number of carbonyl (C=O) groups is 5. The molecule has 41 heavy (non-hydrogen) atoms. The van der Waals surface area contributed by atoms with E-state index >= 15 is 0 Å². The largest absolute Gasteiger partial charge is 0.353 e. The van der Waals surface area contributed by atoms with Crippen LogP contribution in [0.3, 0.4) is 0 Å². The van der Waals surface area contributed by atoms with E-state index in [1.165, 1.54) is 56.0 Å². The molecule has 0 aromatic carbocycles. The van der Waals surface area contributed by atoms with Crippen LogP contribution in [0.25, 0.3) is 0 Å². The third-order valence-electron chi connectivity index (χ3n) is 8.65. The third kappa shape index (κ3) is 7.81. The van der Waals surface area contributed by atoms with Gasteiger partial charge in [-0.25, -0.2) is 0 Å². The van der Waals surface area contributed by atoms with Crippen molar-refractivity contribution >= 4 is 35.1 Å². The Morgan fingerprint density at radius 3 is 2.32 bits per heavy atom. The second-order valence-corrected chi connectivity index (χ2v) is 11.7. The van der Waals surface area contributed by atoms with Gasteiger partial charge in [-0.2, -0.15) is 0 Å². The first kappa shape index (κ1) is 30.4. The Bertz CT molecular complexity index is 1180. The number of likely N-dealkylation sites (N-methyl/N-ethyl adjacent to an activating group) is 1. The zero-order valence-electron chi connectivity index (χ0n) is 23.9. The van der Waals surface area contributed by atoms with Gasteiger partial charge in [0.15, 0.2) is 0 Å². The van der Waals surface area contributed by atoms with Crippen molar-refractivity contribution in [2.24, 2.45) is 23.7 Å². The third-order valence-corrected chi connectivity index (χ3v) is 8.65. The predicted octanol–water partition coefficient (Wildman–Crippen LogP) is 0.307. The van der Waals surface area contributed by atoms with E-state index in [1.807, 2.05) is 6.92 Å². The summed E-state index contributed by atoms with van der Waals surface area (Å²) < 4.78 is 1.25. The Labute approximate surface area is 239 Å². The van der Waals surface area contributed by atoms with Gasteiger partial charge in [-0.3, -0.25) is 28.8 Å². The second kappa shape index (κ2) is 13.9. The number of hydrogen-bond acceptors (Lipinski definition) is 7. The summed E-state index contributed by atoms with van der Waals surface area (Å²) in [5.41, 5.74) is -0.613. The van der Waals surface area contributed by atoms with Crippen molar-refractivity contribution in [1.82, 2.24) is 25.8 Å². The highest BCUT2D eigenvalue weighted by Gasteiger charge is 2.48. The minimum atomic E-state index is -1.16. The number of nitrogens with one attached hydrogen (secondary N) is 5. The molecule has 4 amide bonds. The monoisotopic (exact) mass is 570 g/mol. The van der Waals surface area contributed by atoms with Crippen molar-refractivity contribution in [3.05, 3.63) is 28.7 Å². The van der Waals surface area contributed by atoms with Crippen molar-refractivity contribution in [3.8, 4) is 0 Å². The van der Waals surface area contributed by atoms with E-state index in [-0.39, 0.29) is 43.6 Å². The summed E-state index contributed by atoms with van der Waals surface area (Å²) in [6, 6.07) is 1.98. The van der Waals surface area contributed by atoms with Crippen molar-refractivity contribution < 1.29 is 24.0 Å². The lowest BCUT2D eigenvalue weighted by atomic mass is 9.54. The van der Waals surface area contributed by atoms with E-state index < -0.39 is 35.1 Å². The minimum Gasteiger partial charge on any atom is -0.353 e. The lowest BCUT2D eigenvalue weighted by molar-refractivity contribution is -0.137. The fraction of sp³-hybridized carbons (Fsp3) is 0.655. The molecule has 0 radical (unpaired) electrons. The molecule has 12 heteroatoms. The average Bonchev–Trinajstić information content (AvgIpc) is 2.94. The van der Waals surface area contributed by atoms with Gasteiger partial charge >= 0.3 is 0 Å². The van der Waals surface area contributed by atoms with Gasteiger partial charge in [-0.05, 0) is 87.3 Å². The molecule has 4 fully saturated rings. The summed E-state index contributed by atoms with van der Waals surface area (Å²) in [4.78, 5) is 75.3. The lowest BCUT2D eigenvalue weighted by Crippen LogP contribution is -2.56. The smallest absolute Gasteiger partial charge is 0.287 e. The molecule has 5 rings (SSSR count). The normalized spacial score (nSPS) is 24.8. The highest BCUT2D eigenvalue weighted by Crippen LogP contribution is 2.53. The maximum atomic E-state index is 13.2. The fourth-order valence-corrected chi connectivity index (χ4v) is 6.94. The van der Waals surface area contributed by atoms with E-state index in [4.69, 9.17) is 0 Å². The fourth-order valence-electron chi connectivity index (χ4n) is 6.94. The number of hydrogen-bond donors (Lipinski definition) is 5. The topological polar surface area (TPSA) is 168 Å². The molecule has 0 aliphatic heterocycles. The van der Waals surface area contributed by atoms with Gasteiger partial charge in [0.2, 0.25) is 23.5 Å². The van der Waals surface area contributed by atoms with Crippen LogP contribution in [0, 0.1) is 23.7 Å². The summed E-state index contributed by atoms with van der Waals surface area (Å²) in [7, 11) is 1.33. The van der Waals surface area contributed by atoms with Crippen LogP contribution in [0.5, 0.6) is 0 Å². The number of carbonyl (C=O) groups excluding carboxylic acids is 5. The first-order valence-corrected chi connectivity index (χ1v) is 14.7. The summed E-state index contributed by atoms with van der Waals surface area (Å²) in [5, 5.41) is 13.5. The van der Waals surface area contributed by atoms with Gasteiger partial charge in [-0.1, -0.05) is 6.92 Å². The molecule has 1 heterocycles. The van der Waals surface area contributed by atoms with Crippen LogP contribution in [0.1, 0.15) is 58.3 Å². The van der Waals surface area contributed by atoms with Crippen molar-refractivity contribution in [1.29, 1.82) is 0 Å². The van der Waals surface area contributed by atoms with Gasteiger partial charge in [-0.15, -0.1) is 0 Å². The van der Waals surface area contributed by atoms with Crippen molar-refractivity contribution in [2.75, 3.05) is 25.5 Å². The first-order chi connectivity index (χ1) is 19.7. The molecule has 4 aliphatic carbocycles. The van der Waals surface area contributed by atoms with Crippen LogP contribution in [0.15, 0.2) is 23.1 Å². The Balaban J connectivity index is 1.38. The van der Waals surface area contributed by atoms with Crippen molar-refractivity contribution in [3.63, 3.8) is 0 Å². The molecule has 1 atom stereocenters. The van der Waals surface area contributed by atoms with Crippen LogP contribution in [0.2, 0.25) is 0 Å². The van der Waals surface area contributed by atoms with Gasteiger partial charge < -0.3 is 31.2 Å². The SMILES string of the molecule is CCCNCC(=O)N[C@@H](CCC(=O)C(=O)NC)C(=O)Nc1cccn(CC(=O)NC2C3CC4CC(C3)CC2C4)c1=O. The number of ketones is 1. The molecule has 1 aromatic rings. The Kier molecular flexibility index (Phi) is 10.3. The molecule has 12 nitrogen and oxygen atoms in total.